The fraction of sp³-hybridized carbons (Fsp3) is 0.462. The molecule has 0 spiro atoms. The number of nitrogens with zero attached hydrogens (tertiary/aromatic N) is 1. The maximum absolute atomic E-state index is 12.2. The maximum Gasteiger partial charge on any atom is 0.231 e. The van der Waals surface area contributed by atoms with Crippen LogP contribution in [0.4, 0.5) is 0 Å². The minimum Gasteiger partial charge on any atom is -0.454 e. The Labute approximate surface area is 113 Å². The Hall–Kier alpha value is -1.40. The number of hydrogen-bond donors (Lipinski definition) is 0. The van der Waals surface area contributed by atoms with Crippen LogP contribution in [0.15, 0.2) is 18.2 Å². The molecule has 0 amide bonds. The zero-order chi connectivity index (χ0) is 13.2. The summed E-state index contributed by atoms with van der Waals surface area (Å²) >= 11 is 0. The van der Waals surface area contributed by atoms with Gasteiger partial charge >= 0.3 is 0 Å². The Kier molecular flexibility index (Phi) is 3.52. The second kappa shape index (κ2) is 5.30. The van der Waals surface area contributed by atoms with Crippen molar-refractivity contribution in [3.63, 3.8) is 0 Å². The standard InChI is InChI=1S/C13H15NO4S/c15-11(8-14-3-5-19(16)6-4-14)10-1-2-12-13(7-10)18-9-17-12/h1-2,7H,3-6,8-9H2. The van der Waals surface area contributed by atoms with Gasteiger partial charge in [0.1, 0.15) is 0 Å². The summed E-state index contributed by atoms with van der Waals surface area (Å²) in [5.41, 5.74) is 0.635. The summed E-state index contributed by atoms with van der Waals surface area (Å²) in [4.78, 5) is 14.2. The van der Waals surface area contributed by atoms with Gasteiger partial charge in [0.15, 0.2) is 17.3 Å². The van der Waals surface area contributed by atoms with E-state index in [9.17, 15) is 9.00 Å². The molecule has 0 atom stereocenters. The molecule has 1 aromatic rings. The Morgan fingerprint density at radius 1 is 1.21 bits per heavy atom. The molecule has 1 saturated heterocycles. The van der Waals surface area contributed by atoms with Crippen LogP contribution in [0.3, 0.4) is 0 Å². The van der Waals surface area contributed by atoms with Crippen molar-refractivity contribution in [2.75, 3.05) is 37.9 Å². The number of carbonyl (C=O) groups excluding carboxylic acids is 1. The molecule has 0 saturated carbocycles. The lowest BCUT2D eigenvalue weighted by molar-refractivity contribution is 0.0936. The molecule has 2 heterocycles. The molecule has 0 N–H and O–H groups in total. The molecular weight excluding hydrogens is 266 g/mol. The number of benzene rings is 1. The van der Waals surface area contributed by atoms with Crippen LogP contribution in [0.1, 0.15) is 10.4 Å². The topological polar surface area (TPSA) is 55.8 Å². The van der Waals surface area contributed by atoms with Crippen LogP contribution in [0.5, 0.6) is 11.5 Å². The second-order valence-electron chi connectivity index (χ2n) is 4.62. The molecule has 102 valence electrons. The monoisotopic (exact) mass is 281 g/mol. The lowest BCUT2D eigenvalue weighted by atomic mass is 10.1. The summed E-state index contributed by atoms with van der Waals surface area (Å²) < 4.78 is 21.7. The van der Waals surface area contributed by atoms with E-state index in [1.54, 1.807) is 18.2 Å². The van der Waals surface area contributed by atoms with Gasteiger partial charge in [-0.1, -0.05) is 0 Å². The number of ether oxygens (including phenoxy) is 2. The molecule has 0 radical (unpaired) electrons. The molecule has 0 aliphatic carbocycles. The van der Waals surface area contributed by atoms with Crippen molar-refractivity contribution in [1.82, 2.24) is 4.90 Å². The van der Waals surface area contributed by atoms with E-state index in [1.807, 2.05) is 4.90 Å². The van der Waals surface area contributed by atoms with Crippen molar-refractivity contribution in [3.05, 3.63) is 23.8 Å². The molecule has 19 heavy (non-hydrogen) atoms. The zero-order valence-corrected chi connectivity index (χ0v) is 11.3. The van der Waals surface area contributed by atoms with Crippen LogP contribution in [0, 0.1) is 0 Å². The SMILES string of the molecule is O=C(CN1CCS(=O)CC1)c1ccc2c(c1)OCO2. The Morgan fingerprint density at radius 3 is 2.74 bits per heavy atom. The number of fused-ring (bicyclic) bond motifs is 1. The molecule has 0 bridgehead atoms. The first-order valence-electron chi connectivity index (χ1n) is 6.22. The summed E-state index contributed by atoms with van der Waals surface area (Å²) in [6.07, 6.45) is 0. The first-order chi connectivity index (χ1) is 9.22. The van der Waals surface area contributed by atoms with Gasteiger partial charge in [-0.15, -0.1) is 0 Å². The Bertz CT molecular complexity index is 521. The summed E-state index contributed by atoms with van der Waals surface area (Å²) in [5.74, 6) is 2.70. The van der Waals surface area contributed by atoms with Crippen molar-refractivity contribution in [2.24, 2.45) is 0 Å². The molecule has 3 rings (SSSR count). The van der Waals surface area contributed by atoms with Crippen molar-refractivity contribution in [1.29, 1.82) is 0 Å². The number of ketones is 1. The van der Waals surface area contributed by atoms with E-state index in [1.165, 1.54) is 0 Å². The van der Waals surface area contributed by atoms with E-state index >= 15 is 0 Å². The molecule has 0 aromatic heterocycles. The highest BCUT2D eigenvalue weighted by Gasteiger charge is 2.20. The molecule has 2 aliphatic heterocycles. The first-order valence-corrected chi connectivity index (χ1v) is 7.71. The van der Waals surface area contributed by atoms with Crippen molar-refractivity contribution in [2.45, 2.75) is 0 Å². The smallest absolute Gasteiger partial charge is 0.231 e. The van der Waals surface area contributed by atoms with Gasteiger partial charge in [-0.2, -0.15) is 0 Å². The van der Waals surface area contributed by atoms with E-state index in [2.05, 4.69) is 0 Å². The average molecular weight is 281 g/mol. The first kappa shape index (κ1) is 12.6. The quantitative estimate of drug-likeness (QED) is 0.762. The van der Waals surface area contributed by atoms with Crippen LogP contribution in [0.2, 0.25) is 0 Å². The predicted octanol–water partition coefficient (Wildman–Crippen LogP) is 0.662. The third kappa shape index (κ3) is 2.79. The van der Waals surface area contributed by atoms with Crippen molar-refractivity contribution in [3.8, 4) is 11.5 Å². The molecule has 6 heteroatoms. The molecule has 2 aliphatic rings. The number of hydrogen-bond acceptors (Lipinski definition) is 5. The number of rotatable bonds is 3. The highest BCUT2D eigenvalue weighted by Crippen LogP contribution is 2.32. The van der Waals surface area contributed by atoms with Crippen LogP contribution in [-0.2, 0) is 10.8 Å². The predicted molar refractivity (Wildman–Crippen MR) is 71.2 cm³/mol. The second-order valence-corrected chi connectivity index (χ2v) is 6.31. The summed E-state index contributed by atoms with van der Waals surface area (Å²) in [5, 5.41) is 0. The maximum atomic E-state index is 12.2. The van der Waals surface area contributed by atoms with Gasteiger partial charge in [0.25, 0.3) is 0 Å². The van der Waals surface area contributed by atoms with E-state index in [4.69, 9.17) is 9.47 Å². The van der Waals surface area contributed by atoms with Gasteiger partial charge in [0.05, 0.1) is 6.54 Å². The number of carbonyl (C=O) groups is 1. The van der Waals surface area contributed by atoms with Gasteiger partial charge in [-0.3, -0.25) is 13.9 Å². The van der Waals surface area contributed by atoms with Crippen LogP contribution in [-0.4, -0.2) is 52.8 Å². The zero-order valence-electron chi connectivity index (χ0n) is 10.5. The van der Waals surface area contributed by atoms with Crippen LogP contribution < -0.4 is 9.47 Å². The van der Waals surface area contributed by atoms with Gasteiger partial charge < -0.3 is 9.47 Å². The van der Waals surface area contributed by atoms with Crippen LogP contribution in [0.25, 0.3) is 0 Å². The van der Waals surface area contributed by atoms with Crippen molar-refractivity contribution < 1.29 is 18.5 Å². The third-order valence-corrected chi connectivity index (χ3v) is 4.61. The lowest BCUT2D eigenvalue weighted by Gasteiger charge is -2.25. The van der Waals surface area contributed by atoms with Gasteiger partial charge in [0, 0.05) is 41.0 Å². The van der Waals surface area contributed by atoms with E-state index < -0.39 is 10.8 Å². The van der Waals surface area contributed by atoms with E-state index in [0.29, 0.717) is 35.1 Å². The Morgan fingerprint density at radius 2 is 1.95 bits per heavy atom. The summed E-state index contributed by atoms with van der Waals surface area (Å²) in [6.45, 7) is 2.04. The summed E-state index contributed by atoms with van der Waals surface area (Å²) in [7, 11) is -0.710. The van der Waals surface area contributed by atoms with Crippen molar-refractivity contribution >= 4 is 16.6 Å². The highest BCUT2D eigenvalue weighted by atomic mass is 32.2. The molecule has 1 fully saturated rings. The largest absolute Gasteiger partial charge is 0.454 e. The minimum atomic E-state index is -0.710. The third-order valence-electron chi connectivity index (χ3n) is 3.33. The lowest BCUT2D eigenvalue weighted by Crippen LogP contribution is -2.40. The molecular formula is C13H15NO4S. The van der Waals surface area contributed by atoms with Gasteiger partial charge in [0.2, 0.25) is 6.79 Å². The Balaban J connectivity index is 1.65. The fourth-order valence-electron chi connectivity index (χ4n) is 2.20. The van der Waals surface area contributed by atoms with Crippen LogP contribution >= 0.6 is 0 Å². The molecule has 0 unspecified atom stereocenters. The highest BCUT2D eigenvalue weighted by molar-refractivity contribution is 7.85. The molecule has 5 nitrogen and oxygen atoms in total. The van der Waals surface area contributed by atoms with E-state index in [0.717, 1.165) is 13.1 Å². The summed E-state index contributed by atoms with van der Waals surface area (Å²) in [6, 6.07) is 5.26. The average Bonchev–Trinajstić information content (AvgIpc) is 2.88. The van der Waals surface area contributed by atoms with E-state index in [-0.39, 0.29) is 12.6 Å². The number of Topliss-reactive ketones (excluding diaryl/α,β-unsaturated/α-hetero) is 1. The van der Waals surface area contributed by atoms with Gasteiger partial charge in [-0.05, 0) is 18.2 Å². The molecule has 1 aromatic carbocycles. The fourth-order valence-corrected chi connectivity index (χ4v) is 3.33. The van der Waals surface area contributed by atoms with Gasteiger partial charge in [-0.25, -0.2) is 0 Å². The normalized spacial score (nSPS) is 19.6. The minimum absolute atomic E-state index is 0.0611.